The van der Waals surface area contributed by atoms with Gasteiger partial charge in [-0.05, 0) is 48.9 Å². The van der Waals surface area contributed by atoms with Crippen LogP contribution in [0.1, 0.15) is 28.3 Å². The molecular formula is C28H21N7O2. The first-order chi connectivity index (χ1) is 18.2. The molecule has 0 amide bonds. The highest BCUT2D eigenvalue weighted by Gasteiger charge is 2.38. The zero-order valence-corrected chi connectivity index (χ0v) is 20.1. The van der Waals surface area contributed by atoms with E-state index in [4.69, 9.17) is 24.7 Å². The zero-order chi connectivity index (χ0) is 24.9. The normalized spacial score (nSPS) is 14.2. The number of methoxy groups -OCH3 is 1. The topological polar surface area (TPSA) is 92.2 Å². The highest BCUT2D eigenvalue weighted by molar-refractivity contribution is 5.68. The Morgan fingerprint density at radius 3 is 2.43 bits per heavy atom. The van der Waals surface area contributed by atoms with Gasteiger partial charge >= 0.3 is 0 Å². The molecule has 0 bridgehead atoms. The average Bonchev–Trinajstić information content (AvgIpc) is 3.54. The van der Waals surface area contributed by atoms with Crippen LogP contribution in [0.15, 0.2) is 85.5 Å². The molecule has 1 atom stereocenters. The molecule has 0 saturated carbocycles. The fourth-order valence-corrected chi connectivity index (χ4v) is 4.88. The Kier molecular flexibility index (Phi) is 4.75. The van der Waals surface area contributed by atoms with Crippen molar-refractivity contribution in [3.63, 3.8) is 0 Å². The summed E-state index contributed by atoms with van der Waals surface area (Å²) in [4.78, 5) is 13.7. The lowest BCUT2D eigenvalue weighted by molar-refractivity contribution is 0.402. The largest absolute Gasteiger partial charge is 0.497 e. The number of nitrogens with zero attached hydrogens (tertiary/aromatic N) is 7. The van der Waals surface area contributed by atoms with E-state index in [2.05, 4.69) is 22.1 Å². The number of hydrogen-bond donors (Lipinski definition) is 0. The summed E-state index contributed by atoms with van der Waals surface area (Å²) in [5.74, 6) is 2.27. The third-order valence-electron chi connectivity index (χ3n) is 6.61. The van der Waals surface area contributed by atoms with Crippen LogP contribution in [-0.2, 0) is 0 Å². The Balaban J connectivity index is 1.49. The molecule has 7 rings (SSSR count). The van der Waals surface area contributed by atoms with Crippen molar-refractivity contribution in [2.75, 3.05) is 7.11 Å². The second-order valence-electron chi connectivity index (χ2n) is 8.76. The van der Waals surface area contributed by atoms with E-state index in [0.717, 1.165) is 39.4 Å². The van der Waals surface area contributed by atoms with Crippen molar-refractivity contribution in [1.82, 2.24) is 34.3 Å². The summed E-state index contributed by atoms with van der Waals surface area (Å²) in [7, 11) is 1.66. The smallest absolute Gasteiger partial charge is 0.230 e. The molecule has 9 heteroatoms. The molecule has 180 valence electrons. The predicted octanol–water partition coefficient (Wildman–Crippen LogP) is 4.97. The Morgan fingerprint density at radius 1 is 0.892 bits per heavy atom. The van der Waals surface area contributed by atoms with Crippen molar-refractivity contribution < 1.29 is 9.47 Å². The summed E-state index contributed by atoms with van der Waals surface area (Å²) in [6.07, 6.45) is 5.09. The minimum absolute atomic E-state index is 0.229. The first kappa shape index (κ1) is 21.3. The molecule has 6 aromatic rings. The average molecular weight is 488 g/mol. The van der Waals surface area contributed by atoms with Gasteiger partial charge in [-0.25, -0.2) is 19.2 Å². The first-order valence-corrected chi connectivity index (χ1v) is 11.8. The van der Waals surface area contributed by atoms with Crippen LogP contribution in [0.5, 0.6) is 17.5 Å². The van der Waals surface area contributed by atoms with Crippen molar-refractivity contribution in [2.45, 2.75) is 12.8 Å². The fourth-order valence-electron chi connectivity index (χ4n) is 4.88. The van der Waals surface area contributed by atoms with Gasteiger partial charge in [-0.2, -0.15) is 5.10 Å². The van der Waals surface area contributed by atoms with Crippen LogP contribution >= 0.6 is 0 Å². The zero-order valence-electron chi connectivity index (χ0n) is 20.1. The van der Waals surface area contributed by atoms with Crippen LogP contribution in [0.2, 0.25) is 0 Å². The van der Waals surface area contributed by atoms with Gasteiger partial charge in [-0.1, -0.05) is 30.3 Å². The molecule has 1 aliphatic rings. The van der Waals surface area contributed by atoms with E-state index in [1.54, 1.807) is 30.3 Å². The molecule has 0 spiro atoms. The number of fused-ring (bicyclic) bond motifs is 4. The van der Waals surface area contributed by atoms with E-state index < -0.39 is 0 Å². The van der Waals surface area contributed by atoms with Gasteiger partial charge in [-0.3, -0.25) is 4.98 Å². The number of ether oxygens (including phenoxy) is 2. The van der Waals surface area contributed by atoms with Gasteiger partial charge < -0.3 is 9.47 Å². The lowest BCUT2D eigenvalue weighted by atomic mass is 9.84. The highest BCUT2D eigenvalue weighted by Crippen LogP contribution is 2.49. The van der Waals surface area contributed by atoms with Crippen molar-refractivity contribution in [2.24, 2.45) is 0 Å². The third-order valence-corrected chi connectivity index (χ3v) is 6.61. The van der Waals surface area contributed by atoms with Crippen molar-refractivity contribution in [3.8, 4) is 34.6 Å². The summed E-state index contributed by atoms with van der Waals surface area (Å²) >= 11 is 0. The second-order valence-corrected chi connectivity index (χ2v) is 8.76. The molecule has 2 aromatic carbocycles. The maximum atomic E-state index is 6.48. The quantitative estimate of drug-likeness (QED) is 0.346. The Hall–Kier alpha value is -5.05. The summed E-state index contributed by atoms with van der Waals surface area (Å²) < 4.78 is 15.4. The van der Waals surface area contributed by atoms with Gasteiger partial charge in [0.2, 0.25) is 11.8 Å². The highest BCUT2D eigenvalue weighted by atomic mass is 16.5. The number of pyridine rings is 1. The Morgan fingerprint density at radius 2 is 1.68 bits per heavy atom. The fraction of sp³-hybridized carbons (Fsp3) is 0.107. The lowest BCUT2D eigenvalue weighted by Crippen LogP contribution is -2.16. The molecule has 0 aliphatic carbocycles. The molecule has 1 unspecified atom stereocenters. The molecule has 9 nitrogen and oxygen atoms in total. The number of rotatable bonds is 4. The molecule has 0 N–H and O–H groups in total. The number of benzene rings is 2. The van der Waals surface area contributed by atoms with Crippen LogP contribution in [0.3, 0.4) is 0 Å². The summed E-state index contributed by atoms with van der Waals surface area (Å²) in [6.45, 7) is 2.00. The summed E-state index contributed by atoms with van der Waals surface area (Å²) in [6, 6.07) is 21.8. The molecule has 4 aromatic heterocycles. The van der Waals surface area contributed by atoms with Crippen LogP contribution in [0.4, 0.5) is 0 Å². The van der Waals surface area contributed by atoms with Gasteiger partial charge in [-0.15, -0.1) is 5.10 Å². The minimum atomic E-state index is -0.229. The molecular weight excluding hydrogens is 466 g/mol. The van der Waals surface area contributed by atoms with Crippen molar-refractivity contribution in [3.05, 3.63) is 108 Å². The molecule has 1 aliphatic heterocycles. The monoisotopic (exact) mass is 487 g/mol. The Bertz CT molecular complexity index is 1740. The van der Waals surface area contributed by atoms with E-state index in [0.29, 0.717) is 23.2 Å². The number of aromatic nitrogens is 7. The SMILES string of the molecule is COc1ccc(C2c3c(C)nn(-c4ccccc4)c3Oc3ncn4nc(-c5ccncc5)nc4c32)cc1. The van der Waals surface area contributed by atoms with E-state index >= 15 is 0 Å². The van der Waals surface area contributed by atoms with Crippen molar-refractivity contribution >= 4 is 5.65 Å². The summed E-state index contributed by atoms with van der Waals surface area (Å²) in [5, 5.41) is 9.57. The summed E-state index contributed by atoms with van der Waals surface area (Å²) in [5.41, 5.74) is 6.17. The predicted molar refractivity (Wildman–Crippen MR) is 136 cm³/mol. The van der Waals surface area contributed by atoms with Crippen LogP contribution in [-0.4, -0.2) is 41.5 Å². The maximum absolute atomic E-state index is 6.48. The maximum Gasteiger partial charge on any atom is 0.230 e. The van der Waals surface area contributed by atoms with E-state index in [1.807, 2.05) is 66.2 Å². The standard InChI is InChI=1S/C28H21N7O2/c1-17-22-23(18-8-10-21(36-2)11-9-18)24-26-31-25(19-12-14-29-15-13-19)33-34(26)16-30-27(24)37-28(22)35(32-17)20-6-4-3-5-7-20/h3-16,23H,1-2H3. The van der Waals surface area contributed by atoms with E-state index in [9.17, 15) is 0 Å². The van der Waals surface area contributed by atoms with E-state index in [1.165, 1.54) is 0 Å². The van der Waals surface area contributed by atoms with E-state index in [-0.39, 0.29) is 5.92 Å². The minimum Gasteiger partial charge on any atom is -0.497 e. The molecule has 0 fully saturated rings. The van der Waals surface area contributed by atoms with Crippen LogP contribution < -0.4 is 9.47 Å². The lowest BCUT2D eigenvalue weighted by Gasteiger charge is -2.26. The number of aryl methyl sites for hydroxylation is 1. The van der Waals surface area contributed by atoms with Crippen molar-refractivity contribution in [1.29, 1.82) is 0 Å². The second kappa shape index (κ2) is 8.27. The van der Waals surface area contributed by atoms with Gasteiger partial charge in [0.05, 0.1) is 35.5 Å². The molecule has 5 heterocycles. The van der Waals surface area contributed by atoms with Crippen LogP contribution in [0, 0.1) is 6.92 Å². The molecule has 0 radical (unpaired) electrons. The van der Waals surface area contributed by atoms with Gasteiger partial charge in [0.25, 0.3) is 0 Å². The Labute approximate surface area is 212 Å². The van der Waals surface area contributed by atoms with Gasteiger partial charge in [0, 0.05) is 18.0 Å². The van der Waals surface area contributed by atoms with Gasteiger partial charge in [0.1, 0.15) is 12.1 Å². The molecule has 37 heavy (non-hydrogen) atoms. The van der Waals surface area contributed by atoms with Gasteiger partial charge in [0.15, 0.2) is 11.5 Å². The number of para-hydroxylation sites is 1. The van der Waals surface area contributed by atoms with Crippen LogP contribution in [0.25, 0.3) is 22.7 Å². The first-order valence-electron chi connectivity index (χ1n) is 11.8. The number of hydrogen-bond acceptors (Lipinski definition) is 7. The third kappa shape index (κ3) is 3.35. The molecule has 0 saturated heterocycles.